The first-order chi connectivity index (χ1) is 12.6. The van der Waals surface area contributed by atoms with Crippen molar-refractivity contribution < 1.29 is 19.1 Å². The highest BCUT2D eigenvalue weighted by Crippen LogP contribution is 2.57. The maximum Gasteiger partial charge on any atom is 0.264 e. The van der Waals surface area contributed by atoms with Gasteiger partial charge in [0.1, 0.15) is 11.2 Å². The van der Waals surface area contributed by atoms with Crippen molar-refractivity contribution in [2.45, 2.75) is 49.8 Å². The Bertz CT molecular complexity index is 753. The molecule has 3 saturated heterocycles. The average molecular weight is 358 g/mol. The summed E-state index contributed by atoms with van der Waals surface area (Å²) in [5, 5.41) is 5.25. The number of methoxy groups -OCH3 is 1. The van der Waals surface area contributed by atoms with E-state index < -0.39 is 5.41 Å². The number of fused-ring (bicyclic) bond motifs is 2. The number of hydroxylamine groups is 1. The lowest BCUT2D eigenvalue weighted by atomic mass is 9.71. The molecule has 5 aliphatic rings. The zero-order chi connectivity index (χ0) is 18.1. The van der Waals surface area contributed by atoms with Crippen molar-refractivity contribution in [3.8, 4) is 5.75 Å². The molecule has 4 aliphatic heterocycles. The van der Waals surface area contributed by atoms with Crippen LogP contribution in [-0.4, -0.2) is 44.9 Å². The van der Waals surface area contributed by atoms with Crippen LogP contribution in [0.3, 0.4) is 0 Å². The molecule has 4 fully saturated rings. The molecule has 1 N–H and O–H groups in total. The maximum absolute atomic E-state index is 13.6. The van der Waals surface area contributed by atoms with Crippen molar-refractivity contribution in [3.63, 3.8) is 0 Å². The second-order valence-electron chi connectivity index (χ2n) is 8.01. The van der Waals surface area contributed by atoms with Gasteiger partial charge in [-0.25, -0.2) is 0 Å². The molecule has 6 atom stereocenters. The number of rotatable bonds is 3. The third-order valence-electron chi connectivity index (χ3n) is 7.17. The minimum absolute atomic E-state index is 0.00342. The van der Waals surface area contributed by atoms with Crippen molar-refractivity contribution in [1.82, 2.24) is 5.32 Å². The van der Waals surface area contributed by atoms with Crippen molar-refractivity contribution in [2.24, 2.45) is 11.8 Å². The number of benzene rings is 1. The van der Waals surface area contributed by atoms with E-state index in [1.165, 1.54) is 5.06 Å². The minimum Gasteiger partial charge on any atom is -0.497 e. The van der Waals surface area contributed by atoms with E-state index in [-0.39, 0.29) is 12.0 Å². The normalized spacial score (nSPS) is 40.2. The van der Waals surface area contributed by atoms with Gasteiger partial charge in [-0.1, -0.05) is 13.0 Å². The Morgan fingerprint density at radius 1 is 1.35 bits per heavy atom. The van der Waals surface area contributed by atoms with Crippen LogP contribution in [0.4, 0.5) is 5.69 Å². The summed E-state index contributed by atoms with van der Waals surface area (Å²) < 4.78 is 11.7. The van der Waals surface area contributed by atoms with Crippen LogP contribution in [0, 0.1) is 11.8 Å². The van der Waals surface area contributed by atoms with E-state index in [2.05, 4.69) is 12.2 Å². The molecule has 0 radical (unpaired) electrons. The fourth-order valence-electron chi connectivity index (χ4n) is 5.97. The SMILES string of the molecule is CCC1NC2CC3(C(=O)N(OC)c4cc(OC)ccc43)C3CC1C2CO3. The molecule has 1 amide bonds. The van der Waals surface area contributed by atoms with Crippen LogP contribution in [0.15, 0.2) is 18.2 Å². The Balaban J connectivity index is 1.65. The zero-order valence-electron chi connectivity index (χ0n) is 15.5. The van der Waals surface area contributed by atoms with Gasteiger partial charge in [-0.05, 0) is 36.8 Å². The predicted molar refractivity (Wildman–Crippen MR) is 96.1 cm³/mol. The summed E-state index contributed by atoms with van der Waals surface area (Å²) >= 11 is 0. The third kappa shape index (κ3) is 1.90. The van der Waals surface area contributed by atoms with E-state index in [4.69, 9.17) is 14.3 Å². The molecule has 140 valence electrons. The number of carbonyl (C=O) groups excluding carboxylic acids is 1. The summed E-state index contributed by atoms with van der Waals surface area (Å²) in [6.07, 6.45) is 2.74. The van der Waals surface area contributed by atoms with Crippen molar-refractivity contribution in [2.75, 3.05) is 25.9 Å². The predicted octanol–water partition coefficient (Wildman–Crippen LogP) is 2.02. The van der Waals surface area contributed by atoms with Crippen molar-refractivity contribution in [1.29, 1.82) is 0 Å². The summed E-state index contributed by atoms with van der Waals surface area (Å²) in [6, 6.07) is 6.71. The van der Waals surface area contributed by atoms with Crippen LogP contribution in [-0.2, 0) is 19.8 Å². The smallest absolute Gasteiger partial charge is 0.264 e. The Hall–Kier alpha value is -1.63. The van der Waals surface area contributed by atoms with Crippen LogP contribution in [0.2, 0.25) is 0 Å². The highest BCUT2D eigenvalue weighted by Gasteiger charge is 2.64. The Morgan fingerprint density at radius 3 is 2.92 bits per heavy atom. The van der Waals surface area contributed by atoms with Gasteiger partial charge in [0.2, 0.25) is 0 Å². The number of ether oxygens (including phenoxy) is 2. The van der Waals surface area contributed by atoms with Gasteiger partial charge >= 0.3 is 0 Å². The monoisotopic (exact) mass is 358 g/mol. The molecule has 1 spiro atoms. The first-order valence-electron chi connectivity index (χ1n) is 9.58. The highest BCUT2D eigenvalue weighted by molar-refractivity contribution is 6.07. The molecule has 1 aliphatic carbocycles. The molecule has 26 heavy (non-hydrogen) atoms. The van der Waals surface area contributed by atoms with Crippen molar-refractivity contribution in [3.05, 3.63) is 23.8 Å². The van der Waals surface area contributed by atoms with Gasteiger partial charge in [0.25, 0.3) is 5.91 Å². The lowest BCUT2D eigenvalue weighted by Gasteiger charge is -2.40. The number of nitrogens with zero attached hydrogens (tertiary/aromatic N) is 1. The van der Waals surface area contributed by atoms with Gasteiger partial charge in [0.05, 0.1) is 32.6 Å². The summed E-state index contributed by atoms with van der Waals surface area (Å²) in [6.45, 7) is 2.99. The Kier molecular flexibility index (Phi) is 3.61. The number of hydrogen-bond donors (Lipinski definition) is 1. The van der Waals surface area contributed by atoms with Crippen LogP contribution >= 0.6 is 0 Å². The third-order valence-corrected chi connectivity index (χ3v) is 7.17. The first kappa shape index (κ1) is 16.5. The van der Waals surface area contributed by atoms with Gasteiger partial charge in [-0.15, -0.1) is 0 Å². The summed E-state index contributed by atoms with van der Waals surface area (Å²) in [5.41, 5.74) is 1.13. The van der Waals surface area contributed by atoms with Crippen LogP contribution in [0.5, 0.6) is 5.75 Å². The molecule has 4 heterocycles. The maximum atomic E-state index is 13.6. The molecule has 1 saturated carbocycles. The Morgan fingerprint density at radius 2 is 2.19 bits per heavy atom. The van der Waals surface area contributed by atoms with Gasteiger partial charge in [0.15, 0.2) is 0 Å². The van der Waals surface area contributed by atoms with Crippen LogP contribution < -0.4 is 15.1 Å². The number of amides is 1. The van der Waals surface area contributed by atoms with Gasteiger partial charge in [-0.2, -0.15) is 5.06 Å². The molecular weight excluding hydrogens is 332 g/mol. The standard InChI is InChI=1S/C20H26N2O4/c1-4-15-12-8-18-20(9-16(21-15)13(12)10-26-18)14-6-5-11(24-2)7-17(14)22(25-3)19(20)23/h5-7,12-13,15-16,18,21H,4,8-10H2,1-3H3. The topological polar surface area (TPSA) is 60.0 Å². The molecule has 6 heteroatoms. The largest absolute Gasteiger partial charge is 0.497 e. The Labute approximate surface area is 153 Å². The van der Waals surface area contributed by atoms with E-state index in [1.54, 1.807) is 14.2 Å². The molecule has 6 nitrogen and oxygen atoms in total. The van der Waals surface area contributed by atoms with Gasteiger partial charge in [-0.3, -0.25) is 9.63 Å². The lowest BCUT2D eigenvalue weighted by molar-refractivity contribution is -0.138. The number of carbonyl (C=O) groups is 1. The number of anilines is 1. The molecule has 4 bridgehead atoms. The molecule has 6 rings (SSSR count). The lowest BCUT2D eigenvalue weighted by Crippen LogP contribution is -2.53. The number of nitrogens with one attached hydrogen (secondary N) is 1. The second kappa shape index (κ2) is 5.68. The fourth-order valence-corrected chi connectivity index (χ4v) is 5.97. The number of hydrogen-bond acceptors (Lipinski definition) is 5. The van der Waals surface area contributed by atoms with Crippen molar-refractivity contribution >= 4 is 11.6 Å². The molecular formula is C20H26N2O4. The molecule has 0 aromatic heterocycles. The van der Waals surface area contributed by atoms with Crippen LogP contribution in [0.1, 0.15) is 31.7 Å². The van der Waals surface area contributed by atoms with E-state index in [0.717, 1.165) is 42.9 Å². The summed E-state index contributed by atoms with van der Waals surface area (Å²) in [4.78, 5) is 19.1. The highest BCUT2D eigenvalue weighted by atomic mass is 16.7. The quantitative estimate of drug-likeness (QED) is 0.896. The van der Waals surface area contributed by atoms with E-state index in [9.17, 15) is 4.79 Å². The summed E-state index contributed by atoms with van der Waals surface area (Å²) in [7, 11) is 3.18. The summed E-state index contributed by atoms with van der Waals surface area (Å²) in [5.74, 6) is 1.81. The van der Waals surface area contributed by atoms with Gasteiger partial charge in [0, 0.05) is 24.1 Å². The minimum atomic E-state index is -0.669. The molecule has 6 unspecified atom stereocenters. The average Bonchev–Trinajstić information content (AvgIpc) is 3.01. The molecule has 1 aromatic carbocycles. The van der Waals surface area contributed by atoms with E-state index in [1.807, 2.05) is 18.2 Å². The van der Waals surface area contributed by atoms with E-state index in [0.29, 0.717) is 23.9 Å². The van der Waals surface area contributed by atoms with E-state index >= 15 is 0 Å². The zero-order valence-corrected chi connectivity index (χ0v) is 15.5. The first-order valence-corrected chi connectivity index (χ1v) is 9.58. The van der Waals surface area contributed by atoms with Crippen LogP contribution in [0.25, 0.3) is 0 Å². The fraction of sp³-hybridized carbons (Fsp3) is 0.650. The second-order valence-corrected chi connectivity index (χ2v) is 8.01. The van der Waals surface area contributed by atoms with Gasteiger partial charge < -0.3 is 14.8 Å². The molecule has 1 aromatic rings.